The monoisotopic (exact) mass is 240 g/mol. The van der Waals surface area contributed by atoms with Crippen molar-refractivity contribution in [1.82, 2.24) is 20.3 Å². The maximum atomic E-state index is 5.57. The van der Waals surface area contributed by atoms with Crippen LogP contribution in [0.2, 0.25) is 0 Å². The van der Waals surface area contributed by atoms with Crippen molar-refractivity contribution in [2.45, 2.75) is 45.3 Å². The molecule has 1 aromatic rings. The number of hydrogen-bond donors (Lipinski definition) is 1. The van der Waals surface area contributed by atoms with E-state index in [1.165, 1.54) is 0 Å². The van der Waals surface area contributed by atoms with E-state index < -0.39 is 0 Å². The Morgan fingerprint density at radius 3 is 2.71 bits per heavy atom. The van der Waals surface area contributed by atoms with Gasteiger partial charge in [-0.3, -0.25) is 4.68 Å². The molecule has 0 radical (unpaired) electrons. The summed E-state index contributed by atoms with van der Waals surface area (Å²) in [5, 5.41) is 11.6. The van der Waals surface area contributed by atoms with E-state index in [0.29, 0.717) is 6.04 Å². The van der Waals surface area contributed by atoms with Crippen molar-refractivity contribution in [1.29, 1.82) is 0 Å². The van der Waals surface area contributed by atoms with Gasteiger partial charge in [0.25, 0.3) is 0 Å². The maximum absolute atomic E-state index is 5.57. The molecule has 1 aromatic heterocycles. The van der Waals surface area contributed by atoms with Crippen molar-refractivity contribution in [3.8, 4) is 0 Å². The van der Waals surface area contributed by atoms with E-state index in [1.54, 1.807) is 11.8 Å². The normalized spacial score (nSPS) is 14.8. The zero-order valence-electron chi connectivity index (χ0n) is 11.3. The molecule has 0 aliphatic heterocycles. The lowest BCUT2D eigenvalue weighted by Gasteiger charge is -2.25. The van der Waals surface area contributed by atoms with E-state index in [0.717, 1.165) is 31.5 Å². The number of methoxy groups -OCH3 is 1. The minimum Gasteiger partial charge on any atom is -0.380 e. The van der Waals surface area contributed by atoms with Crippen LogP contribution in [-0.2, 0) is 18.2 Å². The third-order valence-electron chi connectivity index (χ3n) is 2.87. The van der Waals surface area contributed by atoms with Gasteiger partial charge in [-0.05, 0) is 13.0 Å². The van der Waals surface area contributed by atoms with Crippen molar-refractivity contribution in [3.63, 3.8) is 0 Å². The van der Waals surface area contributed by atoms with Gasteiger partial charge in [-0.1, -0.05) is 25.5 Å². The first-order chi connectivity index (χ1) is 8.21. The van der Waals surface area contributed by atoms with Gasteiger partial charge in [0.05, 0.1) is 11.8 Å². The molecule has 0 aliphatic carbocycles. The smallest absolute Gasteiger partial charge is 0.0843 e. The molecule has 0 spiro atoms. The van der Waals surface area contributed by atoms with Crippen molar-refractivity contribution < 1.29 is 4.74 Å². The number of nitrogens with zero attached hydrogens (tertiary/aromatic N) is 3. The molecule has 0 aliphatic rings. The fraction of sp³-hybridized carbons (Fsp3) is 0.833. The number of aryl methyl sites for hydroxylation is 1. The lowest BCUT2D eigenvalue weighted by atomic mass is 10.0. The van der Waals surface area contributed by atoms with E-state index in [2.05, 4.69) is 29.5 Å². The number of aromatic nitrogens is 3. The second-order valence-electron chi connectivity index (χ2n) is 4.31. The molecule has 17 heavy (non-hydrogen) atoms. The Bertz CT molecular complexity index is 313. The number of likely N-dealkylation sites (N-methyl/N-ethyl adjacent to an activating group) is 1. The Labute approximate surface area is 104 Å². The van der Waals surface area contributed by atoms with Gasteiger partial charge in [0.2, 0.25) is 0 Å². The van der Waals surface area contributed by atoms with Crippen LogP contribution in [0.3, 0.4) is 0 Å². The summed E-state index contributed by atoms with van der Waals surface area (Å²) in [5.41, 5.74) is 1.01. The molecule has 0 saturated heterocycles. The molecule has 1 heterocycles. The topological polar surface area (TPSA) is 52.0 Å². The summed E-state index contributed by atoms with van der Waals surface area (Å²) in [7, 11) is 3.67. The van der Waals surface area contributed by atoms with E-state index in [9.17, 15) is 0 Å². The van der Waals surface area contributed by atoms with Gasteiger partial charge in [-0.2, -0.15) is 0 Å². The number of hydrogen-bond acceptors (Lipinski definition) is 4. The maximum Gasteiger partial charge on any atom is 0.0843 e. The van der Waals surface area contributed by atoms with Crippen molar-refractivity contribution in [2.75, 3.05) is 13.7 Å². The zero-order chi connectivity index (χ0) is 12.7. The molecule has 1 rings (SSSR count). The molecular weight excluding hydrogens is 216 g/mol. The largest absolute Gasteiger partial charge is 0.380 e. The first-order valence-electron chi connectivity index (χ1n) is 6.32. The van der Waals surface area contributed by atoms with Crippen LogP contribution in [0.15, 0.2) is 6.20 Å². The third kappa shape index (κ3) is 4.44. The molecule has 5 heteroatoms. The number of nitrogens with one attached hydrogen (secondary N) is 1. The Hall–Kier alpha value is -0.940. The Morgan fingerprint density at radius 2 is 2.24 bits per heavy atom. The van der Waals surface area contributed by atoms with Crippen LogP contribution in [0, 0.1) is 0 Å². The molecule has 0 amide bonds. The van der Waals surface area contributed by atoms with Gasteiger partial charge in [-0.25, -0.2) is 0 Å². The SMILES string of the molecule is CCCC(OC)C(Cc1cn(C)nn1)NCC. The van der Waals surface area contributed by atoms with Crippen LogP contribution in [-0.4, -0.2) is 40.8 Å². The number of ether oxygens (including phenoxy) is 1. The van der Waals surface area contributed by atoms with E-state index >= 15 is 0 Å². The molecule has 0 bridgehead atoms. The van der Waals surface area contributed by atoms with Crippen LogP contribution in [0.5, 0.6) is 0 Å². The van der Waals surface area contributed by atoms with Gasteiger partial charge in [0, 0.05) is 32.8 Å². The summed E-state index contributed by atoms with van der Waals surface area (Å²) in [6, 6.07) is 0.307. The molecule has 1 N–H and O–H groups in total. The van der Waals surface area contributed by atoms with Crippen LogP contribution in [0.4, 0.5) is 0 Å². The molecular formula is C12H24N4O. The van der Waals surface area contributed by atoms with Gasteiger partial charge in [0.15, 0.2) is 0 Å². The van der Waals surface area contributed by atoms with Crippen LogP contribution < -0.4 is 5.32 Å². The summed E-state index contributed by atoms with van der Waals surface area (Å²) in [4.78, 5) is 0. The van der Waals surface area contributed by atoms with Gasteiger partial charge in [0.1, 0.15) is 0 Å². The highest BCUT2D eigenvalue weighted by Crippen LogP contribution is 2.11. The molecule has 0 aromatic carbocycles. The van der Waals surface area contributed by atoms with Crippen LogP contribution >= 0.6 is 0 Å². The first kappa shape index (κ1) is 14.1. The fourth-order valence-electron chi connectivity index (χ4n) is 2.08. The molecule has 2 unspecified atom stereocenters. The van der Waals surface area contributed by atoms with Crippen molar-refractivity contribution in [3.05, 3.63) is 11.9 Å². The summed E-state index contributed by atoms with van der Waals surface area (Å²) < 4.78 is 7.30. The lowest BCUT2D eigenvalue weighted by molar-refractivity contribution is 0.0611. The van der Waals surface area contributed by atoms with Crippen molar-refractivity contribution in [2.24, 2.45) is 7.05 Å². The number of rotatable bonds is 8. The van der Waals surface area contributed by atoms with Gasteiger partial charge in [-0.15, -0.1) is 5.10 Å². The Morgan fingerprint density at radius 1 is 1.47 bits per heavy atom. The third-order valence-corrected chi connectivity index (χ3v) is 2.87. The zero-order valence-corrected chi connectivity index (χ0v) is 11.3. The average molecular weight is 240 g/mol. The second kappa shape index (κ2) is 7.40. The minimum absolute atomic E-state index is 0.238. The van der Waals surface area contributed by atoms with Crippen LogP contribution in [0.25, 0.3) is 0 Å². The predicted octanol–water partition coefficient (Wildman–Crippen LogP) is 1.15. The Kier molecular flexibility index (Phi) is 6.15. The lowest BCUT2D eigenvalue weighted by Crippen LogP contribution is -2.42. The second-order valence-corrected chi connectivity index (χ2v) is 4.31. The minimum atomic E-state index is 0.238. The first-order valence-corrected chi connectivity index (χ1v) is 6.32. The quantitative estimate of drug-likeness (QED) is 0.740. The summed E-state index contributed by atoms with van der Waals surface area (Å²) >= 11 is 0. The molecule has 0 saturated carbocycles. The van der Waals surface area contributed by atoms with Crippen LogP contribution in [0.1, 0.15) is 32.4 Å². The van der Waals surface area contributed by atoms with Gasteiger partial charge >= 0.3 is 0 Å². The predicted molar refractivity (Wildman–Crippen MR) is 67.9 cm³/mol. The fourth-order valence-corrected chi connectivity index (χ4v) is 2.08. The molecule has 98 valence electrons. The summed E-state index contributed by atoms with van der Waals surface area (Å²) in [6.07, 6.45) is 5.25. The Balaban J connectivity index is 2.63. The van der Waals surface area contributed by atoms with E-state index in [1.807, 2.05) is 13.2 Å². The van der Waals surface area contributed by atoms with Gasteiger partial charge < -0.3 is 10.1 Å². The average Bonchev–Trinajstić information content (AvgIpc) is 2.71. The standard InChI is InChI=1S/C12H24N4O/c1-5-7-12(17-4)11(13-6-2)8-10-9-16(3)15-14-10/h9,11-13H,5-8H2,1-4H3. The molecule has 0 fully saturated rings. The van der Waals surface area contributed by atoms with E-state index in [4.69, 9.17) is 4.74 Å². The molecule has 5 nitrogen and oxygen atoms in total. The van der Waals surface area contributed by atoms with E-state index in [-0.39, 0.29) is 6.10 Å². The summed E-state index contributed by atoms with van der Waals surface area (Å²) in [5.74, 6) is 0. The highest BCUT2D eigenvalue weighted by molar-refractivity contribution is 4.97. The highest BCUT2D eigenvalue weighted by atomic mass is 16.5. The summed E-state index contributed by atoms with van der Waals surface area (Å²) in [6.45, 7) is 5.23. The van der Waals surface area contributed by atoms with Crippen molar-refractivity contribution >= 4 is 0 Å². The highest BCUT2D eigenvalue weighted by Gasteiger charge is 2.21. The molecule has 2 atom stereocenters.